The van der Waals surface area contributed by atoms with Crippen LogP contribution in [0.2, 0.25) is 0 Å². The molecule has 0 aromatic heterocycles. The van der Waals surface area contributed by atoms with Crippen molar-refractivity contribution >= 4 is 32.5 Å². The molecule has 34 heavy (non-hydrogen) atoms. The lowest BCUT2D eigenvalue weighted by atomic mass is 10.0. The highest BCUT2D eigenvalue weighted by molar-refractivity contribution is 7.89. The lowest BCUT2D eigenvalue weighted by molar-refractivity contribution is 0.0528. The highest BCUT2D eigenvalue weighted by atomic mass is 32.2. The lowest BCUT2D eigenvalue weighted by Gasteiger charge is -2.39. The van der Waals surface area contributed by atoms with Gasteiger partial charge in [0.15, 0.2) is 0 Å². The van der Waals surface area contributed by atoms with E-state index in [9.17, 15) is 18.3 Å². The summed E-state index contributed by atoms with van der Waals surface area (Å²) in [6, 6.07) is 11.0. The zero-order valence-electron chi connectivity index (χ0n) is 19.9. The molecule has 3 aliphatic heterocycles. The van der Waals surface area contributed by atoms with Crippen molar-refractivity contribution in [2.75, 3.05) is 32.1 Å². The van der Waals surface area contributed by atoms with Gasteiger partial charge in [-0.1, -0.05) is 24.3 Å². The number of carbonyl (C=O) groups excluding carboxylic acids is 1. The van der Waals surface area contributed by atoms with Gasteiger partial charge in [0.05, 0.1) is 11.0 Å². The monoisotopic (exact) mass is 486 g/mol. The molecule has 8 nitrogen and oxygen atoms in total. The van der Waals surface area contributed by atoms with E-state index < -0.39 is 10.0 Å². The van der Waals surface area contributed by atoms with Crippen LogP contribution in [0.25, 0.3) is 10.8 Å². The molecule has 2 aromatic rings. The topological polar surface area (TPSA) is 93.2 Å². The summed E-state index contributed by atoms with van der Waals surface area (Å²) in [7, 11) is 0.171. The number of sulfonamides is 1. The van der Waals surface area contributed by atoms with E-state index in [4.69, 9.17) is 0 Å². The van der Waals surface area contributed by atoms with Gasteiger partial charge in [0, 0.05) is 61.8 Å². The molecule has 0 radical (unpaired) electrons. The number of aliphatic hydroxyl groups is 1. The number of benzene rings is 2. The maximum atomic E-state index is 13.7. The number of aliphatic hydroxyl groups excluding tert-OH is 1. The molecule has 184 valence electrons. The van der Waals surface area contributed by atoms with E-state index in [0.29, 0.717) is 36.1 Å². The number of fused-ring (bicyclic) bond motifs is 3. The summed E-state index contributed by atoms with van der Waals surface area (Å²) in [5.74, 6) is 0. The van der Waals surface area contributed by atoms with Crippen molar-refractivity contribution in [2.24, 2.45) is 0 Å². The molecule has 3 unspecified atom stereocenters. The number of carbonyl (C=O) groups is 1. The Bertz CT molecular complexity index is 1170. The molecule has 3 fully saturated rings. The maximum absolute atomic E-state index is 13.7. The predicted molar refractivity (Wildman–Crippen MR) is 132 cm³/mol. The molecule has 3 aliphatic rings. The van der Waals surface area contributed by atoms with Crippen molar-refractivity contribution in [1.82, 2.24) is 14.5 Å². The van der Waals surface area contributed by atoms with Gasteiger partial charge in [-0.3, -0.25) is 0 Å². The minimum atomic E-state index is -3.72. The van der Waals surface area contributed by atoms with Crippen LogP contribution in [-0.4, -0.2) is 80.2 Å². The van der Waals surface area contributed by atoms with Crippen molar-refractivity contribution in [2.45, 2.75) is 67.6 Å². The van der Waals surface area contributed by atoms with Crippen molar-refractivity contribution in [3.8, 4) is 0 Å². The summed E-state index contributed by atoms with van der Waals surface area (Å²) in [4.78, 5) is 17.3. The van der Waals surface area contributed by atoms with E-state index in [-0.39, 0.29) is 36.8 Å². The molecule has 2 amide bonds. The largest absolute Gasteiger partial charge is 0.393 e. The normalized spacial score (nSPS) is 27.7. The summed E-state index contributed by atoms with van der Waals surface area (Å²) in [5.41, 5.74) is 0.972. The Labute approximate surface area is 201 Å². The van der Waals surface area contributed by atoms with Gasteiger partial charge in [-0.25, -0.2) is 13.2 Å². The highest BCUT2D eigenvalue weighted by Gasteiger charge is 2.43. The Hall–Kier alpha value is -2.36. The van der Waals surface area contributed by atoms with Crippen molar-refractivity contribution < 1.29 is 18.3 Å². The second kappa shape index (κ2) is 9.02. The number of hydrogen-bond donors (Lipinski definition) is 2. The van der Waals surface area contributed by atoms with Crippen LogP contribution >= 0.6 is 0 Å². The van der Waals surface area contributed by atoms with Crippen molar-refractivity contribution in [3.05, 3.63) is 36.4 Å². The van der Waals surface area contributed by atoms with Crippen LogP contribution in [0.5, 0.6) is 0 Å². The maximum Gasteiger partial charge on any atom is 0.318 e. The Kier molecular flexibility index (Phi) is 6.20. The van der Waals surface area contributed by atoms with Crippen LogP contribution in [0.1, 0.15) is 38.5 Å². The van der Waals surface area contributed by atoms with Crippen molar-refractivity contribution in [3.63, 3.8) is 0 Å². The molecular formula is C25H34N4O4S. The van der Waals surface area contributed by atoms with Gasteiger partial charge < -0.3 is 20.2 Å². The molecule has 9 heteroatoms. The first-order chi connectivity index (χ1) is 16.3. The second-order valence-electron chi connectivity index (χ2n) is 10.1. The van der Waals surface area contributed by atoms with Gasteiger partial charge in [-0.05, 0) is 50.7 Å². The minimum Gasteiger partial charge on any atom is -0.393 e. The molecule has 5 rings (SSSR count). The third-order valence-electron chi connectivity index (χ3n) is 7.61. The Morgan fingerprint density at radius 2 is 1.71 bits per heavy atom. The molecule has 3 heterocycles. The molecule has 3 saturated heterocycles. The highest BCUT2D eigenvalue weighted by Crippen LogP contribution is 2.36. The molecule has 0 spiro atoms. The number of anilines is 1. The molecule has 2 bridgehead atoms. The number of amides is 2. The van der Waals surface area contributed by atoms with Gasteiger partial charge >= 0.3 is 6.03 Å². The van der Waals surface area contributed by atoms with Crippen LogP contribution in [0.4, 0.5) is 10.5 Å². The molecule has 3 atom stereocenters. The SMILES string of the molecule is CN(C)c1cccc2c(S(=O)(=O)N3CCCC(NC(=O)N4C5CCC4CC(O)C5)C3)cccc12. The Balaban J connectivity index is 1.35. The smallest absolute Gasteiger partial charge is 0.318 e. The summed E-state index contributed by atoms with van der Waals surface area (Å²) < 4.78 is 29.0. The third kappa shape index (κ3) is 4.14. The zero-order chi connectivity index (χ0) is 24.0. The van der Waals surface area contributed by atoms with E-state index in [2.05, 4.69) is 5.32 Å². The molecule has 2 aromatic carbocycles. The van der Waals surface area contributed by atoms with Crippen LogP contribution in [-0.2, 0) is 10.0 Å². The van der Waals surface area contributed by atoms with Crippen LogP contribution < -0.4 is 10.2 Å². The van der Waals surface area contributed by atoms with Gasteiger partial charge in [-0.15, -0.1) is 0 Å². The van der Waals surface area contributed by atoms with Gasteiger partial charge in [-0.2, -0.15) is 4.31 Å². The summed E-state index contributed by atoms with van der Waals surface area (Å²) in [6.07, 6.45) is 4.24. The fourth-order valence-corrected chi connectivity index (χ4v) is 7.76. The van der Waals surface area contributed by atoms with E-state index >= 15 is 0 Å². The van der Waals surface area contributed by atoms with Gasteiger partial charge in [0.2, 0.25) is 10.0 Å². The second-order valence-corrected chi connectivity index (χ2v) is 12.0. The van der Waals surface area contributed by atoms with E-state index in [1.54, 1.807) is 12.1 Å². The average molecular weight is 487 g/mol. The van der Waals surface area contributed by atoms with Crippen molar-refractivity contribution in [1.29, 1.82) is 0 Å². The van der Waals surface area contributed by atoms with Crippen LogP contribution in [0.15, 0.2) is 41.3 Å². The summed E-state index contributed by atoms with van der Waals surface area (Å²) >= 11 is 0. The predicted octanol–water partition coefficient (Wildman–Crippen LogP) is 2.76. The molecule has 2 N–H and O–H groups in total. The van der Waals surface area contributed by atoms with E-state index in [1.807, 2.05) is 48.2 Å². The number of rotatable bonds is 4. The van der Waals surface area contributed by atoms with Gasteiger partial charge in [0.25, 0.3) is 0 Å². The first-order valence-corrected chi connectivity index (χ1v) is 13.7. The fourth-order valence-electron chi connectivity index (χ4n) is 6.03. The van der Waals surface area contributed by atoms with Gasteiger partial charge in [0.1, 0.15) is 0 Å². The van der Waals surface area contributed by atoms with E-state index in [0.717, 1.165) is 30.3 Å². The number of piperidine rings is 2. The first-order valence-electron chi connectivity index (χ1n) is 12.2. The first kappa shape index (κ1) is 23.4. The standard InChI is InChI=1S/C25H34N4O4S/c1-27(2)23-9-3-8-22-21(23)7-4-10-24(22)34(32,33)28-13-5-6-17(16-28)26-25(31)29-18-11-12-19(29)15-20(30)14-18/h3-4,7-10,17-20,30H,5-6,11-16H2,1-2H3,(H,26,31). The summed E-state index contributed by atoms with van der Waals surface area (Å²) in [6.45, 7) is 0.712. The van der Waals surface area contributed by atoms with Crippen LogP contribution in [0.3, 0.4) is 0 Å². The molecular weight excluding hydrogens is 452 g/mol. The average Bonchev–Trinajstić information content (AvgIpc) is 3.09. The summed E-state index contributed by atoms with van der Waals surface area (Å²) in [5, 5.41) is 14.8. The fraction of sp³-hybridized carbons (Fsp3) is 0.560. The number of urea groups is 1. The zero-order valence-corrected chi connectivity index (χ0v) is 20.7. The number of nitrogens with zero attached hydrogens (tertiary/aromatic N) is 3. The Morgan fingerprint density at radius 3 is 2.41 bits per heavy atom. The quantitative estimate of drug-likeness (QED) is 0.693. The lowest BCUT2D eigenvalue weighted by Crippen LogP contribution is -2.57. The molecule has 0 aliphatic carbocycles. The minimum absolute atomic E-state index is 0.0822. The third-order valence-corrected chi connectivity index (χ3v) is 9.54. The Morgan fingerprint density at radius 1 is 1.03 bits per heavy atom. The van der Waals surface area contributed by atoms with Crippen LogP contribution in [0, 0.1) is 0 Å². The molecule has 0 saturated carbocycles. The number of hydrogen-bond acceptors (Lipinski definition) is 5. The number of nitrogens with one attached hydrogen (secondary N) is 1. The van der Waals surface area contributed by atoms with E-state index in [1.165, 1.54) is 4.31 Å².